The summed E-state index contributed by atoms with van der Waals surface area (Å²) in [5.74, 6) is -0.708. The van der Waals surface area contributed by atoms with Gasteiger partial charge in [0.15, 0.2) is 0 Å². The van der Waals surface area contributed by atoms with E-state index in [2.05, 4.69) is 0 Å². The number of aliphatic hydroxyl groups is 1. The van der Waals surface area contributed by atoms with Crippen LogP contribution in [0.15, 0.2) is 30.3 Å². The van der Waals surface area contributed by atoms with E-state index < -0.39 is 12.0 Å². The van der Waals surface area contributed by atoms with Crippen molar-refractivity contribution in [1.29, 1.82) is 0 Å². The van der Waals surface area contributed by atoms with Crippen LogP contribution in [-0.2, 0) is 20.9 Å². The van der Waals surface area contributed by atoms with E-state index >= 15 is 0 Å². The van der Waals surface area contributed by atoms with E-state index in [0.29, 0.717) is 13.0 Å². The molecule has 6 nitrogen and oxygen atoms in total. The molecular formula is C18H26N2O4. The predicted octanol–water partition coefficient (Wildman–Crippen LogP) is 1.21. The van der Waals surface area contributed by atoms with Crippen molar-refractivity contribution in [1.82, 2.24) is 4.90 Å². The van der Waals surface area contributed by atoms with Crippen molar-refractivity contribution in [2.75, 3.05) is 13.2 Å². The van der Waals surface area contributed by atoms with E-state index in [-0.39, 0.29) is 31.6 Å². The van der Waals surface area contributed by atoms with Crippen molar-refractivity contribution in [3.05, 3.63) is 35.9 Å². The Morgan fingerprint density at radius 3 is 2.58 bits per heavy atom. The van der Waals surface area contributed by atoms with Crippen LogP contribution in [0.4, 0.5) is 0 Å². The molecule has 24 heavy (non-hydrogen) atoms. The highest BCUT2D eigenvalue weighted by Crippen LogP contribution is 2.25. The van der Waals surface area contributed by atoms with Gasteiger partial charge < -0.3 is 20.5 Å². The van der Waals surface area contributed by atoms with Gasteiger partial charge in [-0.15, -0.1) is 0 Å². The minimum absolute atomic E-state index is 0.0326. The minimum atomic E-state index is -0.896. The molecule has 1 saturated carbocycles. The average molecular weight is 334 g/mol. The maximum atomic E-state index is 12.5. The third-order valence-corrected chi connectivity index (χ3v) is 4.30. The number of rotatable bonds is 9. The number of amides is 1. The van der Waals surface area contributed by atoms with Crippen LogP contribution in [0.25, 0.3) is 0 Å². The third kappa shape index (κ3) is 5.32. The smallest absolute Gasteiger partial charge is 0.308 e. The first kappa shape index (κ1) is 18.4. The molecule has 0 spiro atoms. The highest BCUT2D eigenvalue weighted by Gasteiger charge is 2.32. The Morgan fingerprint density at radius 2 is 2.00 bits per heavy atom. The van der Waals surface area contributed by atoms with E-state index in [1.165, 1.54) is 0 Å². The number of esters is 1. The Hall–Kier alpha value is -1.92. The Labute approximate surface area is 142 Å². The van der Waals surface area contributed by atoms with Gasteiger partial charge in [-0.2, -0.15) is 0 Å². The summed E-state index contributed by atoms with van der Waals surface area (Å²) < 4.78 is 5.18. The number of carbonyl (C=O) groups is 2. The number of carbonyl (C=O) groups excluding carboxylic acids is 2. The van der Waals surface area contributed by atoms with E-state index in [4.69, 9.17) is 15.6 Å². The first-order chi connectivity index (χ1) is 11.6. The topological polar surface area (TPSA) is 92.9 Å². The molecule has 0 saturated heterocycles. The molecule has 3 N–H and O–H groups in total. The molecule has 1 aliphatic carbocycles. The third-order valence-electron chi connectivity index (χ3n) is 4.30. The second-order valence-corrected chi connectivity index (χ2v) is 6.15. The minimum Gasteiger partial charge on any atom is -0.461 e. The molecule has 1 atom stereocenters. The molecule has 6 heteroatoms. The molecule has 0 radical (unpaired) electrons. The number of nitrogens with zero attached hydrogens (tertiary/aromatic N) is 1. The predicted molar refractivity (Wildman–Crippen MR) is 89.9 cm³/mol. The van der Waals surface area contributed by atoms with Crippen molar-refractivity contribution in [3.63, 3.8) is 0 Å². The van der Waals surface area contributed by atoms with Crippen molar-refractivity contribution in [2.45, 2.75) is 50.8 Å². The van der Waals surface area contributed by atoms with Crippen molar-refractivity contribution >= 4 is 11.9 Å². The molecule has 132 valence electrons. The van der Waals surface area contributed by atoms with E-state index in [0.717, 1.165) is 24.8 Å². The summed E-state index contributed by atoms with van der Waals surface area (Å²) in [6.45, 7) is 0.690. The largest absolute Gasteiger partial charge is 0.461 e. The van der Waals surface area contributed by atoms with Crippen LogP contribution in [0.2, 0.25) is 0 Å². The summed E-state index contributed by atoms with van der Waals surface area (Å²) in [6.07, 6.45) is 3.41. The Bertz CT molecular complexity index is 531. The fraction of sp³-hybridized carbons (Fsp3) is 0.556. The maximum Gasteiger partial charge on any atom is 0.308 e. The molecule has 1 amide bonds. The summed E-state index contributed by atoms with van der Waals surface area (Å²) in [5.41, 5.74) is 6.82. The normalized spacial score (nSPS) is 15.4. The molecule has 1 aromatic rings. The van der Waals surface area contributed by atoms with Gasteiger partial charge in [0.25, 0.3) is 0 Å². The standard InChI is InChI=1S/C18H26N2O4/c19-16(12-17(22)24-13-14-6-2-1-3-7-14)18(23)20(10-5-11-21)15-8-4-9-15/h1-3,6-7,15-16,21H,4-5,8-13,19H2/t16-/m0/s1. The van der Waals surface area contributed by atoms with Crippen LogP contribution in [0.5, 0.6) is 0 Å². The van der Waals surface area contributed by atoms with Crippen LogP contribution >= 0.6 is 0 Å². The molecule has 0 heterocycles. The molecule has 0 aliphatic heterocycles. The van der Waals surface area contributed by atoms with E-state index in [1.54, 1.807) is 4.90 Å². The lowest BCUT2D eigenvalue weighted by Gasteiger charge is -2.38. The van der Waals surface area contributed by atoms with Gasteiger partial charge >= 0.3 is 5.97 Å². The fourth-order valence-corrected chi connectivity index (χ4v) is 2.69. The van der Waals surface area contributed by atoms with E-state index in [1.807, 2.05) is 30.3 Å². The number of nitrogens with two attached hydrogens (primary N) is 1. The molecule has 0 bridgehead atoms. The fourth-order valence-electron chi connectivity index (χ4n) is 2.69. The van der Waals surface area contributed by atoms with Crippen LogP contribution in [0.3, 0.4) is 0 Å². The van der Waals surface area contributed by atoms with E-state index in [9.17, 15) is 9.59 Å². The van der Waals surface area contributed by atoms with Gasteiger partial charge in [-0.25, -0.2) is 0 Å². The average Bonchev–Trinajstić information content (AvgIpc) is 2.55. The van der Waals surface area contributed by atoms with Crippen molar-refractivity contribution < 1.29 is 19.4 Å². The second-order valence-electron chi connectivity index (χ2n) is 6.15. The summed E-state index contributed by atoms with van der Waals surface area (Å²) in [5, 5.41) is 8.99. The summed E-state index contributed by atoms with van der Waals surface area (Å²) >= 11 is 0. The highest BCUT2D eigenvalue weighted by molar-refractivity contribution is 5.86. The SMILES string of the molecule is N[C@@H](CC(=O)OCc1ccccc1)C(=O)N(CCCO)C1CCC1. The lowest BCUT2D eigenvalue weighted by atomic mass is 9.90. The second kappa shape index (κ2) is 9.39. The first-order valence-electron chi connectivity index (χ1n) is 8.48. The van der Waals surface area contributed by atoms with Gasteiger partial charge in [0.05, 0.1) is 12.5 Å². The van der Waals surface area contributed by atoms with Crippen molar-refractivity contribution in [2.24, 2.45) is 5.73 Å². The zero-order valence-electron chi connectivity index (χ0n) is 13.9. The first-order valence-corrected chi connectivity index (χ1v) is 8.48. The quantitative estimate of drug-likeness (QED) is 0.662. The van der Waals surface area contributed by atoms with Gasteiger partial charge in [0.1, 0.15) is 6.61 Å². The zero-order chi connectivity index (χ0) is 17.4. The molecule has 0 aromatic heterocycles. The van der Waals surface area contributed by atoms with Gasteiger partial charge in [0, 0.05) is 19.2 Å². The monoisotopic (exact) mass is 334 g/mol. The van der Waals surface area contributed by atoms with Gasteiger partial charge in [-0.3, -0.25) is 9.59 Å². The number of ether oxygens (including phenoxy) is 1. The highest BCUT2D eigenvalue weighted by atomic mass is 16.5. The van der Waals surface area contributed by atoms with Crippen molar-refractivity contribution in [3.8, 4) is 0 Å². The molecule has 1 aromatic carbocycles. The maximum absolute atomic E-state index is 12.5. The molecule has 2 rings (SSSR count). The van der Waals surface area contributed by atoms with Crippen LogP contribution in [0, 0.1) is 0 Å². The Morgan fingerprint density at radius 1 is 1.29 bits per heavy atom. The number of hydrogen-bond donors (Lipinski definition) is 2. The summed E-state index contributed by atoms with van der Waals surface area (Å²) in [4.78, 5) is 26.1. The lowest BCUT2D eigenvalue weighted by molar-refractivity contribution is -0.149. The number of benzene rings is 1. The molecule has 1 aliphatic rings. The molecule has 1 fully saturated rings. The number of hydrogen-bond acceptors (Lipinski definition) is 5. The Balaban J connectivity index is 1.81. The van der Waals surface area contributed by atoms with Gasteiger partial charge in [0.2, 0.25) is 5.91 Å². The Kier molecular flexibility index (Phi) is 7.21. The van der Waals surface area contributed by atoms with Crippen LogP contribution in [0.1, 0.15) is 37.7 Å². The van der Waals surface area contributed by atoms with Gasteiger partial charge in [-0.1, -0.05) is 30.3 Å². The summed E-state index contributed by atoms with van der Waals surface area (Å²) in [7, 11) is 0. The molecule has 0 unspecified atom stereocenters. The lowest BCUT2D eigenvalue weighted by Crippen LogP contribution is -2.52. The molecular weight excluding hydrogens is 308 g/mol. The van der Waals surface area contributed by atoms with Crippen LogP contribution < -0.4 is 5.73 Å². The van der Waals surface area contributed by atoms with Crippen LogP contribution in [-0.4, -0.2) is 47.1 Å². The zero-order valence-corrected chi connectivity index (χ0v) is 13.9. The van der Waals surface area contributed by atoms with Gasteiger partial charge in [-0.05, 0) is 31.2 Å². The summed E-state index contributed by atoms with van der Waals surface area (Å²) in [6, 6.07) is 8.66. The number of aliphatic hydroxyl groups excluding tert-OH is 1.